The van der Waals surface area contributed by atoms with E-state index in [1.807, 2.05) is 0 Å². The van der Waals surface area contributed by atoms with E-state index < -0.39 is 8.80 Å². The van der Waals surface area contributed by atoms with E-state index in [9.17, 15) is 0 Å². The molecule has 5 heteroatoms. The Balaban J connectivity index is 2.27. The van der Waals surface area contributed by atoms with Gasteiger partial charge in [0.25, 0.3) is 0 Å². The van der Waals surface area contributed by atoms with E-state index in [4.69, 9.17) is 19.0 Å². The van der Waals surface area contributed by atoms with Crippen LogP contribution in [0.5, 0.6) is 0 Å². The van der Waals surface area contributed by atoms with Crippen molar-refractivity contribution in [1.82, 2.24) is 0 Å². The van der Waals surface area contributed by atoms with Crippen molar-refractivity contribution in [2.45, 2.75) is 38.3 Å². The third-order valence-electron chi connectivity index (χ3n) is 3.61. The molecular formula is C15H27NO3Si. The molecule has 20 heavy (non-hydrogen) atoms. The Morgan fingerprint density at radius 1 is 0.950 bits per heavy atom. The van der Waals surface area contributed by atoms with Crippen LogP contribution in [-0.4, -0.2) is 30.1 Å². The molecule has 0 aliphatic carbocycles. The van der Waals surface area contributed by atoms with Gasteiger partial charge in [0.15, 0.2) is 0 Å². The Labute approximate surface area is 123 Å². The summed E-state index contributed by atoms with van der Waals surface area (Å²) >= 11 is 0. The van der Waals surface area contributed by atoms with Crippen molar-refractivity contribution < 1.29 is 13.3 Å². The molecule has 0 heterocycles. The Morgan fingerprint density at radius 2 is 1.60 bits per heavy atom. The summed E-state index contributed by atoms with van der Waals surface area (Å²) in [6.07, 6.45) is 4.47. The summed E-state index contributed by atoms with van der Waals surface area (Å²) in [6.45, 7) is 0.609. The smallest absolute Gasteiger partial charge is 0.377 e. The maximum atomic E-state index is 5.65. The predicted molar refractivity (Wildman–Crippen MR) is 83.5 cm³/mol. The van der Waals surface area contributed by atoms with Crippen molar-refractivity contribution in [2.24, 2.45) is 5.73 Å². The van der Waals surface area contributed by atoms with Crippen LogP contribution in [0.1, 0.15) is 30.4 Å². The Morgan fingerprint density at radius 3 is 2.20 bits per heavy atom. The van der Waals surface area contributed by atoms with E-state index >= 15 is 0 Å². The number of aryl methyl sites for hydroxylation is 1. The molecule has 1 aromatic rings. The average Bonchev–Trinajstić information content (AvgIpc) is 2.52. The van der Waals surface area contributed by atoms with Gasteiger partial charge in [0.05, 0.1) is 0 Å². The van der Waals surface area contributed by atoms with Gasteiger partial charge >= 0.3 is 8.80 Å². The second-order valence-corrected chi connectivity index (χ2v) is 7.97. The highest BCUT2D eigenvalue weighted by Crippen LogP contribution is 2.18. The van der Waals surface area contributed by atoms with Crippen LogP contribution in [-0.2, 0) is 26.2 Å². The second kappa shape index (κ2) is 9.26. The SMILES string of the molecule is CO[Si](CCCCCc1cccc(CN)c1)(OC)OC. The normalized spacial score (nSPS) is 11.8. The fourth-order valence-corrected chi connectivity index (χ4v) is 4.11. The van der Waals surface area contributed by atoms with Crippen LogP contribution in [0.25, 0.3) is 0 Å². The van der Waals surface area contributed by atoms with E-state index in [1.165, 1.54) is 11.1 Å². The summed E-state index contributed by atoms with van der Waals surface area (Å²) in [5, 5.41) is 0. The molecule has 1 aromatic carbocycles. The van der Waals surface area contributed by atoms with Gasteiger partial charge < -0.3 is 19.0 Å². The zero-order valence-corrected chi connectivity index (χ0v) is 13.9. The molecule has 0 aliphatic rings. The van der Waals surface area contributed by atoms with Crippen LogP contribution in [0.15, 0.2) is 24.3 Å². The molecule has 2 N–H and O–H groups in total. The summed E-state index contributed by atoms with van der Waals surface area (Å²) in [5.74, 6) is 0. The lowest BCUT2D eigenvalue weighted by molar-refractivity contribution is 0.122. The van der Waals surface area contributed by atoms with E-state index in [-0.39, 0.29) is 0 Å². The number of hydrogen-bond donors (Lipinski definition) is 1. The standard InChI is InChI=1S/C15H27NO3Si/c1-17-20(18-2,19-3)11-6-4-5-8-14-9-7-10-15(12-14)13-16/h7,9-10,12H,4-6,8,11,13,16H2,1-3H3. The summed E-state index contributed by atoms with van der Waals surface area (Å²) in [6, 6.07) is 9.38. The molecule has 0 aromatic heterocycles. The van der Waals surface area contributed by atoms with Gasteiger partial charge in [-0.2, -0.15) is 0 Å². The minimum absolute atomic E-state index is 0.609. The molecule has 0 fully saturated rings. The van der Waals surface area contributed by atoms with Gasteiger partial charge in [-0.15, -0.1) is 0 Å². The fourth-order valence-electron chi connectivity index (χ4n) is 2.32. The van der Waals surface area contributed by atoms with Gasteiger partial charge in [-0.3, -0.25) is 0 Å². The minimum atomic E-state index is -2.38. The molecular weight excluding hydrogens is 270 g/mol. The predicted octanol–water partition coefficient (Wildman–Crippen LogP) is 2.74. The number of nitrogens with two attached hydrogens (primary N) is 1. The maximum Gasteiger partial charge on any atom is 0.500 e. The first-order valence-corrected chi connectivity index (χ1v) is 9.06. The zero-order valence-electron chi connectivity index (χ0n) is 12.9. The van der Waals surface area contributed by atoms with E-state index in [0.717, 1.165) is 31.7 Å². The molecule has 0 saturated heterocycles. The van der Waals surface area contributed by atoms with E-state index in [1.54, 1.807) is 21.3 Å². The highest BCUT2D eigenvalue weighted by atomic mass is 28.4. The quantitative estimate of drug-likeness (QED) is 0.533. The van der Waals surface area contributed by atoms with Crippen molar-refractivity contribution in [3.63, 3.8) is 0 Å². The van der Waals surface area contributed by atoms with Crippen LogP contribution in [0.4, 0.5) is 0 Å². The lowest BCUT2D eigenvalue weighted by Gasteiger charge is -2.24. The minimum Gasteiger partial charge on any atom is -0.377 e. The topological polar surface area (TPSA) is 53.7 Å². The average molecular weight is 297 g/mol. The fraction of sp³-hybridized carbons (Fsp3) is 0.600. The third-order valence-corrected chi connectivity index (χ3v) is 6.44. The van der Waals surface area contributed by atoms with Crippen molar-refractivity contribution in [3.05, 3.63) is 35.4 Å². The van der Waals surface area contributed by atoms with Gasteiger partial charge in [0, 0.05) is 33.9 Å². The van der Waals surface area contributed by atoms with Crippen molar-refractivity contribution >= 4 is 8.80 Å². The van der Waals surface area contributed by atoms with Gasteiger partial charge in [-0.25, -0.2) is 0 Å². The molecule has 0 radical (unpaired) electrons. The summed E-state index contributed by atoms with van der Waals surface area (Å²) in [7, 11) is 2.61. The number of unbranched alkanes of at least 4 members (excludes halogenated alkanes) is 2. The van der Waals surface area contributed by atoms with Crippen molar-refractivity contribution in [2.75, 3.05) is 21.3 Å². The van der Waals surface area contributed by atoms with E-state index in [0.29, 0.717) is 6.54 Å². The van der Waals surface area contributed by atoms with Crippen LogP contribution in [0.2, 0.25) is 6.04 Å². The zero-order chi connectivity index (χ0) is 14.8. The third kappa shape index (κ3) is 5.34. The molecule has 1 rings (SSSR count). The van der Waals surface area contributed by atoms with Gasteiger partial charge in [-0.05, 0) is 30.4 Å². The molecule has 0 unspecified atom stereocenters. The molecule has 0 amide bonds. The molecule has 0 aliphatic heterocycles. The number of rotatable bonds is 10. The number of hydrogen-bond acceptors (Lipinski definition) is 4. The highest BCUT2D eigenvalue weighted by Gasteiger charge is 2.36. The first kappa shape index (κ1) is 17.3. The van der Waals surface area contributed by atoms with Crippen molar-refractivity contribution in [1.29, 1.82) is 0 Å². The highest BCUT2D eigenvalue weighted by molar-refractivity contribution is 6.60. The lowest BCUT2D eigenvalue weighted by atomic mass is 10.0. The van der Waals surface area contributed by atoms with Gasteiger partial charge in [-0.1, -0.05) is 30.7 Å². The monoisotopic (exact) mass is 297 g/mol. The first-order valence-electron chi connectivity index (χ1n) is 7.13. The van der Waals surface area contributed by atoms with Crippen molar-refractivity contribution in [3.8, 4) is 0 Å². The Bertz CT molecular complexity index is 375. The summed E-state index contributed by atoms with van der Waals surface area (Å²) < 4.78 is 16.2. The Hall–Kier alpha value is -0.723. The van der Waals surface area contributed by atoms with Crippen LogP contribution in [0.3, 0.4) is 0 Å². The molecule has 0 saturated carbocycles. The maximum absolute atomic E-state index is 5.65. The van der Waals surface area contributed by atoms with Crippen LogP contribution >= 0.6 is 0 Å². The molecule has 114 valence electrons. The molecule has 4 nitrogen and oxygen atoms in total. The van der Waals surface area contributed by atoms with Crippen LogP contribution in [0, 0.1) is 0 Å². The van der Waals surface area contributed by atoms with Gasteiger partial charge in [0.1, 0.15) is 0 Å². The molecule has 0 atom stereocenters. The molecule has 0 spiro atoms. The molecule has 0 bridgehead atoms. The summed E-state index contributed by atoms with van der Waals surface area (Å²) in [5.41, 5.74) is 8.22. The van der Waals surface area contributed by atoms with E-state index in [2.05, 4.69) is 24.3 Å². The van der Waals surface area contributed by atoms with Gasteiger partial charge in [0.2, 0.25) is 0 Å². The summed E-state index contributed by atoms with van der Waals surface area (Å²) in [4.78, 5) is 0. The number of benzene rings is 1. The largest absolute Gasteiger partial charge is 0.500 e. The van der Waals surface area contributed by atoms with Crippen LogP contribution < -0.4 is 5.73 Å². The Kier molecular flexibility index (Phi) is 8.02. The first-order chi connectivity index (χ1) is 9.69. The second-order valence-electron chi connectivity index (χ2n) is 4.88. The lowest BCUT2D eigenvalue weighted by Crippen LogP contribution is -2.42.